The Kier molecular flexibility index (Phi) is 3.90. The second kappa shape index (κ2) is 5.01. The number of ether oxygens (including phenoxy) is 2. The summed E-state index contributed by atoms with van der Waals surface area (Å²) in [5.41, 5.74) is 0.0389. The van der Waals surface area contributed by atoms with Crippen LogP contribution in [0, 0.1) is 12.7 Å². The number of phenolic OH excluding ortho intramolecular Hbond substituents is 1. The SMILES string of the molecule is COC(=O)C(O)c1cc(C)c(OC)c(O)c1F. The molecule has 2 N–H and O–H groups in total. The lowest BCUT2D eigenvalue weighted by atomic mass is 10.0. The fraction of sp³-hybridized carbons (Fsp3) is 0.364. The lowest BCUT2D eigenvalue weighted by Crippen LogP contribution is -2.15. The molecule has 0 bridgehead atoms. The van der Waals surface area contributed by atoms with Crippen molar-refractivity contribution in [1.82, 2.24) is 0 Å². The number of phenols is 1. The first-order chi connectivity index (χ1) is 7.93. The summed E-state index contributed by atoms with van der Waals surface area (Å²) in [5, 5.41) is 19.0. The van der Waals surface area contributed by atoms with E-state index in [1.54, 1.807) is 6.92 Å². The van der Waals surface area contributed by atoms with Gasteiger partial charge in [-0.2, -0.15) is 0 Å². The van der Waals surface area contributed by atoms with Crippen molar-refractivity contribution >= 4 is 5.97 Å². The minimum atomic E-state index is -1.78. The second-order valence-electron chi connectivity index (χ2n) is 3.40. The zero-order valence-electron chi connectivity index (χ0n) is 9.65. The molecule has 1 atom stereocenters. The van der Waals surface area contributed by atoms with Crippen LogP contribution >= 0.6 is 0 Å². The lowest BCUT2D eigenvalue weighted by Gasteiger charge is -2.14. The number of benzene rings is 1. The number of rotatable bonds is 3. The predicted octanol–water partition coefficient (Wildman–Crippen LogP) is 1.05. The van der Waals surface area contributed by atoms with Gasteiger partial charge >= 0.3 is 5.97 Å². The van der Waals surface area contributed by atoms with Crippen LogP contribution in [0.3, 0.4) is 0 Å². The molecule has 0 aliphatic carbocycles. The number of carbonyl (C=O) groups excluding carboxylic acids is 1. The van der Waals surface area contributed by atoms with Gasteiger partial charge < -0.3 is 19.7 Å². The molecule has 0 aromatic heterocycles. The van der Waals surface area contributed by atoms with E-state index in [0.717, 1.165) is 7.11 Å². The Morgan fingerprint density at radius 2 is 2.06 bits per heavy atom. The molecule has 0 fully saturated rings. The average Bonchev–Trinajstić information content (AvgIpc) is 2.32. The van der Waals surface area contributed by atoms with Crippen molar-refractivity contribution in [1.29, 1.82) is 0 Å². The highest BCUT2D eigenvalue weighted by Crippen LogP contribution is 2.36. The highest BCUT2D eigenvalue weighted by Gasteiger charge is 2.26. The smallest absolute Gasteiger partial charge is 0.339 e. The number of halogens is 1. The van der Waals surface area contributed by atoms with Crippen molar-refractivity contribution in [2.24, 2.45) is 0 Å². The van der Waals surface area contributed by atoms with Gasteiger partial charge in [-0.3, -0.25) is 0 Å². The molecule has 0 aliphatic heterocycles. The first-order valence-electron chi connectivity index (χ1n) is 4.75. The normalized spacial score (nSPS) is 12.1. The number of aliphatic hydroxyl groups is 1. The Morgan fingerprint density at radius 1 is 1.47 bits per heavy atom. The van der Waals surface area contributed by atoms with Crippen molar-refractivity contribution in [3.8, 4) is 11.5 Å². The number of aryl methyl sites for hydroxylation is 1. The average molecular weight is 244 g/mol. The Labute approximate surface area is 97.4 Å². The zero-order valence-corrected chi connectivity index (χ0v) is 9.65. The second-order valence-corrected chi connectivity index (χ2v) is 3.40. The Hall–Kier alpha value is -1.82. The third kappa shape index (κ3) is 2.31. The summed E-state index contributed by atoms with van der Waals surface area (Å²) in [5.74, 6) is -2.90. The van der Waals surface area contributed by atoms with E-state index in [1.807, 2.05) is 0 Å². The molecule has 0 aliphatic rings. The van der Waals surface area contributed by atoms with Crippen LogP contribution in [0.1, 0.15) is 17.2 Å². The third-order valence-electron chi connectivity index (χ3n) is 2.33. The maximum absolute atomic E-state index is 13.7. The molecule has 0 spiro atoms. The van der Waals surface area contributed by atoms with E-state index < -0.39 is 23.6 Å². The van der Waals surface area contributed by atoms with Crippen LogP contribution in [-0.2, 0) is 9.53 Å². The van der Waals surface area contributed by atoms with Crippen LogP contribution in [-0.4, -0.2) is 30.4 Å². The van der Waals surface area contributed by atoms with Gasteiger partial charge in [0.25, 0.3) is 0 Å². The molecule has 1 rings (SSSR count). The summed E-state index contributed by atoms with van der Waals surface area (Å²) in [6.45, 7) is 1.55. The number of hydrogen-bond acceptors (Lipinski definition) is 5. The fourth-order valence-electron chi connectivity index (χ4n) is 1.48. The first kappa shape index (κ1) is 13.2. The molecule has 94 valence electrons. The van der Waals surface area contributed by atoms with Gasteiger partial charge in [-0.05, 0) is 18.6 Å². The van der Waals surface area contributed by atoms with Crippen LogP contribution in [0.4, 0.5) is 4.39 Å². The minimum absolute atomic E-state index is 0.0386. The van der Waals surface area contributed by atoms with Gasteiger partial charge in [-0.1, -0.05) is 0 Å². The Bertz CT molecular complexity index is 444. The van der Waals surface area contributed by atoms with Crippen molar-refractivity contribution < 1.29 is 28.9 Å². The van der Waals surface area contributed by atoms with Gasteiger partial charge in [0.05, 0.1) is 14.2 Å². The van der Waals surface area contributed by atoms with Gasteiger partial charge in [0.15, 0.2) is 23.4 Å². The predicted molar refractivity (Wildman–Crippen MR) is 56.3 cm³/mol. The van der Waals surface area contributed by atoms with Gasteiger partial charge in [0.1, 0.15) is 0 Å². The van der Waals surface area contributed by atoms with E-state index in [0.29, 0.717) is 5.56 Å². The number of aromatic hydroxyl groups is 1. The van der Waals surface area contributed by atoms with Crippen LogP contribution in [0.15, 0.2) is 6.07 Å². The molecule has 1 aromatic carbocycles. The quantitative estimate of drug-likeness (QED) is 0.777. The van der Waals surface area contributed by atoms with E-state index in [4.69, 9.17) is 4.74 Å². The van der Waals surface area contributed by atoms with E-state index in [-0.39, 0.29) is 11.3 Å². The monoisotopic (exact) mass is 244 g/mol. The van der Waals surface area contributed by atoms with Gasteiger partial charge in [-0.25, -0.2) is 9.18 Å². The summed E-state index contributed by atoms with van der Waals surface area (Å²) < 4.78 is 22.8. The molecular formula is C11H13FO5. The van der Waals surface area contributed by atoms with Crippen LogP contribution < -0.4 is 4.74 Å². The zero-order chi connectivity index (χ0) is 13.2. The van der Waals surface area contributed by atoms with Crippen molar-refractivity contribution in [2.45, 2.75) is 13.0 Å². The number of carbonyl (C=O) groups is 1. The Morgan fingerprint density at radius 3 is 2.53 bits per heavy atom. The molecule has 1 aromatic rings. The maximum Gasteiger partial charge on any atom is 0.339 e. The third-order valence-corrected chi connectivity index (χ3v) is 2.33. The van der Waals surface area contributed by atoms with E-state index in [2.05, 4.69) is 4.74 Å². The summed E-state index contributed by atoms with van der Waals surface area (Å²) in [7, 11) is 2.34. The highest BCUT2D eigenvalue weighted by molar-refractivity contribution is 5.76. The molecule has 6 heteroatoms. The first-order valence-corrected chi connectivity index (χ1v) is 4.75. The molecular weight excluding hydrogens is 231 g/mol. The van der Waals surface area contributed by atoms with Crippen molar-refractivity contribution in [3.05, 3.63) is 23.0 Å². The highest BCUT2D eigenvalue weighted by atomic mass is 19.1. The molecule has 0 saturated carbocycles. The topological polar surface area (TPSA) is 76.0 Å². The number of esters is 1. The van der Waals surface area contributed by atoms with Gasteiger partial charge in [0.2, 0.25) is 0 Å². The molecule has 0 radical (unpaired) electrons. The van der Waals surface area contributed by atoms with Gasteiger partial charge in [0, 0.05) is 5.56 Å². The molecule has 5 nitrogen and oxygen atoms in total. The molecule has 0 saturated heterocycles. The summed E-state index contributed by atoms with van der Waals surface area (Å²) >= 11 is 0. The van der Waals surface area contributed by atoms with Crippen LogP contribution in [0.25, 0.3) is 0 Å². The summed E-state index contributed by atoms with van der Waals surface area (Å²) in [4.78, 5) is 11.1. The van der Waals surface area contributed by atoms with Gasteiger partial charge in [-0.15, -0.1) is 0 Å². The summed E-state index contributed by atoms with van der Waals surface area (Å²) in [6, 6.07) is 1.22. The largest absolute Gasteiger partial charge is 0.502 e. The molecule has 1 unspecified atom stereocenters. The van der Waals surface area contributed by atoms with Crippen LogP contribution in [0.2, 0.25) is 0 Å². The number of methoxy groups -OCH3 is 2. The summed E-state index contributed by atoms with van der Waals surface area (Å²) in [6.07, 6.45) is -1.78. The van der Waals surface area contributed by atoms with Crippen molar-refractivity contribution in [2.75, 3.05) is 14.2 Å². The molecule has 0 heterocycles. The van der Waals surface area contributed by atoms with Crippen LogP contribution in [0.5, 0.6) is 11.5 Å². The van der Waals surface area contributed by atoms with Crippen molar-refractivity contribution in [3.63, 3.8) is 0 Å². The minimum Gasteiger partial charge on any atom is -0.502 e. The number of aliphatic hydroxyl groups excluding tert-OH is 1. The van der Waals surface area contributed by atoms with E-state index in [9.17, 15) is 19.4 Å². The fourth-order valence-corrected chi connectivity index (χ4v) is 1.48. The lowest BCUT2D eigenvalue weighted by molar-refractivity contribution is -0.150. The standard InChI is InChI=1S/C11H13FO5/c1-5-4-6(8(13)11(15)17-3)7(12)9(14)10(5)16-2/h4,8,13-14H,1-3H3. The molecule has 17 heavy (non-hydrogen) atoms. The van der Waals surface area contributed by atoms with E-state index in [1.165, 1.54) is 13.2 Å². The van der Waals surface area contributed by atoms with E-state index >= 15 is 0 Å². The Balaban J connectivity index is 3.32. The number of hydrogen-bond donors (Lipinski definition) is 2. The maximum atomic E-state index is 13.7. The molecule has 0 amide bonds.